The molecule has 1 amide bonds. The minimum absolute atomic E-state index is 0.0224. The van der Waals surface area contributed by atoms with Crippen molar-refractivity contribution >= 4 is 17.7 Å². The first-order valence-electron chi connectivity index (χ1n) is 8.59. The van der Waals surface area contributed by atoms with Crippen LogP contribution in [0.5, 0.6) is 5.75 Å². The van der Waals surface area contributed by atoms with Gasteiger partial charge in [-0.3, -0.25) is 4.79 Å². The van der Waals surface area contributed by atoms with Crippen LogP contribution in [0.3, 0.4) is 0 Å². The number of ether oxygens (including phenoxy) is 2. The second-order valence-electron chi connectivity index (χ2n) is 5.71. The van der Waals surface area contributed by atoms with Gasteiger partial charge in [-0.25, -0.2) is 0 Å². The summed E-state index contributed by atoms with van der Waals surface area (Å²) in [5.74, 6) is 1.54. The van der Waals surface area contributed by atoms with Gasteiger partial charge in [0.2, 0.25) is 5.91 Å². The highest BCUT2D eigenvalue weighted by atomic mass is 32.2. The number of para-hydroxylation sites is 1. The summed E-state index contributed by atoms with van der Waals surface area (Å²) in [5, 5.41) is 0.0224. The van der Waals surface area contributed by atoms with Crippen LogP contribution < -0.4 is 4.74 Å². The molecule has 24 heavy (non-hydrogen) atoms. The molecule has 2 rings (SSSR count). The molecule has 1 saturated heterocycles. The molecule has 1 aliphatic rings. The van der Waals surface area contributed by atoms with Gasteiger partial charge in [0.1, 0.15) is 17.7 Å². The fraction of sp³-hybridized carbons (Fsp3) is 0.526. The summed E-state index contributed by atoms with van der Waals surface area (Å²) in [5.41, 5.74) is 1.06. The van der Waals surface area contributed by atoms with E-state index < -0.39 is 0 Å². The monoisotopic (exact) mass is 349 g/mol. The molecule has 132 valence electrons. The number of hydrogen-bond donors (Lipinski definition) is 0. The number of hydrogen-bond acceptors (Lipinski definition) is 4. The van der Waals surface area contributed by atoms with E-state index in [1.54, 1.807) is 17.8 Å². The number of nitrogens with zero attached hydrogens (tertiary/aromatic N) is 1. The largest absolute Gasteiger partial charge is 0.489 e. The van der Waals surface area contributed by atoms with E-state index >= 15 is 0 Å². The van der Waals surface area contributed by atoms with E-state index in [4.69, 9.17) is 9.47 Å². The molecule has 1 aliphatic heterocycles. The fourth-order valence-corrected chi connectivity index (χ4v) is 3.85. The van der Waals surface area contributed by atoms with Crippen molar-refractivity contribution in [1.82, 2.24) is 4.90 Å². The van der Waals surface area contributed by atoms with Gasteiger partial charge in [0.05, 0.1) is 5.75 Å². The Morgan fingerprint density at radius 3 is 2.92 bits per heavy atom. The summed E-state index contributed by atoms with van der Waals surface area (Å²) < 4.78 is 11.4. The molecule has 0 aliphatic carbocycles. The Hall–Kier alpha value is -1.46. The number of thioether (sulfide) groups is 1. The van der Waals surface area contributed by atoms with E-state index in [1.807, 2.05) is 29.2 Å². The van der Waals surface area contributed by atoms with E-state index in [-0.39, 0.29) is 11.3 Å². The number of rotatable bonds is 11. The van der Waals surface area contributed by atoms with Gasteiger partial charge in [-0.15, -0.1) is 11.8 Å². The lowest BCUT2D eigenvalue weighted by atomic mass is 10.1. The maximum Gasteiger partial charge on any atom is 0.233 e. The molecule has 0 bridgehead atoms. The quantitative estimate of drug-likeness (QED) is 0.446. The smallest absolute Gasteiger partial charge is 0.233 e. The standard InChI is InChI=1S/C19H27NO3S/c1-3-5-13-22-14-8-11-20-18(21)15-24-19(20)16-9-6-7-10-17(16)23-12-4-2/h4,6-7,9-10,19H,2-3,5,8,11-15H2,1H3. The molecular weight excluding hydrogens is 322 g/mol. The average Bonchev–Trinajstić information content (AvgIpc) is 2.97. The first-order valence-corrected chi connectivity index (χ1v) is 9.64. The lowest BCUT2D eigenvalue weighted by Crippen LogP contribution is -2.30. The number of carbonyl (C=O) groups is 1. The Kier molecular flexibility index (Phi) is 8.19. The van der Waals surface area contributed by atoms with Crippen molar-refractivity contribution in [3.05, 3.63) is 42.5 Å². The average molecular weight is 349 g/mol. The van der Waals surface area contributed by atoms with Crippen LogP contribution in [0.4, 0.5) is 0 Å². The van der Waals surface area contributed by atoms with Crippen LogP contribution in [-0.2, 0) is 9.53 Å². The summed E-state index contributed by atoms with van der Waals surface area (Å²) in [6.45, 7) is 8.54. The zero-order chi connectivity index (χ0) is 17.2. The molecule has 5 heteroatoms. The van der Waals surface area contributed by atoms with Crippen molar-refractivity contribution < 1.29 is 14.3 Å². The molecular formula is C19H27NO3S. The first kappa shape index (κ1) is 18.9. The Labute approximate surface area is 149 Å². The minimum Gasteiger partial charge on any atom is -0.489 e. The summed E-state index contributed by atoms with van der Waals surface area (Å²) in [7, 11) is 0. The third-order valence-corrected chi connectivity index (χ3v) is 5.08. The van der Waals surface area contributed by atoms with E-state index in [0.29, 0.717) is 19.0 Å². The van der Waals surface area contributed by atoms with Crippen LogP contribution in [0.2, 0.25) is 0 Å². The van der Waals surface area contributed by atoms with Crippen LogP contribution in [0, 0.1) is 0 Å². The molecule has 1 aromatic carbocycles. The zero-order valence-electron chi connectivity index (χ0n) is 14.4. The SMILES string of the molecule is C=CCOc1ccccc1C1SCC(=O)N1CCCOCCCC. The topological polar surface area (TPSA) is 38.8 Å². The molecule has 4 nitrogen and oxygen atoms in total. The molecule has 0 N–H and O–H groups in total. The van der Waals surface area contributed by atoms with E-state index in [0.717, 1.165) is 43.7 Å². The molecule has 0 saturated carbocycles. The molecule has 0 radical (unpaired) electrons. The Bertz CT molecular complexity index is 535. The Balaban J connectivity index is 1.96. The van der Waals surface area contributed by atoms with Gasteiger partial charge in [0.15, 0.2) is 0 Å². The number of unbranched alkanes of at least 4 members (excludes halogenated alkanes) is 1. The fourth-order valence-electron chi connectivity index (χ4n) is 2.60. The second-order valence-corrected chi connectivity index (χ2v) is 6.78. The molecule has 1 aromatic rings. The van der Waals surface area contributed by atoms with E-state index in [1.165, 1.54) is 0 Å². The predicted octanol–water partition coefficient (Wildman–Crippen LogP) is 4.03. The highest BCUT2D eigenvalue weighted by Gasteiger charge is 2.33. The van der Waals surface area contributed by atoms with Gasteiger partial charge < -0.3 is 14.4 Å². The van der Waals surface area contributed by atoms with Crippen LogP contribution in [0.25, 0.3) is 0 Å². The molecule has 1 heterocycles. The lowest BCUT2D eigenvalue weighted by Gasteiger charge is -2.25. The summed E-state index contributed by atoms with van der Waals surface area (Å²) in [6.07, 6.45) is 4.83. The molecule has 0 spiro atoms. The molecule has 1 unspecified atom stereocenters. The van der Waals surface area contributed by atoms with Crippen molar-refractivity contribution in [3.8, 4) is 5.75 Å². The normalized spacial score (nSPS) is 17.3. The zero-order valence-corrected chi connectivity index (χ0v) is 15.2. The van der Waals surface area contributed by atoms with Crippen LogP contribution in [-0.4, -0.2) is 42.9 Å². The Morgan fingerprint density at radius 2 is 2.12 bits per heavy atom. The van der Waals surface area contributed by atoms with Gasteiger partial charge in [-0.05, 0) is 18.9 Å². The van der Waals surface area contributed by atoms with Gasteiger partial charge in [-0.1, -0.05) is 44.2 Å². The molecule has 1 fully saturated rings. The van der Waals surface area contributed by atoms with Crippen LogP contribution >= 0.6 is 11.8 Å². The Morgan fingerprint density at radius 1 is 1.33 bits per heavy atom. The predicted molar refractivity (Wildman–Crippen MR) is 99.4 cm³/mol. The summed E-state index contributed by atoms with van der Waals surface area (Å²) in [6, 6.07) is 7.94. The molecule has 0 aromatic heterocycles. The van der Waals surface area contributed by atoms with Crippen LogP contribution in [0.15, 0.2) is 36.9 Å². The third kappa shape index (κ3) is 5.28. The van der Waals surface area contributed by atoms with Crippen molar-refractivity contribution in [2.45, 2.75) is 31.6 Å². The van der Waals surface area contributed by atoms with Gasteiger partial charge in [-0.2, -0.15) is 0 Å². The van der Waals surface area contributed by atoms with Gasteiger partial charge >= 0.3 is 0 Å². The summed E-state index contributed by atoms with van der Waals surface area (Å²) >= 11 is 1.66. The maximum absolute atomic E-state index is 12.3. The highest BCUT2D eigenvalue weighted by molar-refractivity contribution is 8.00. The van der Waals surface area contributed by atoms with Crippen molar-refractivity contribution in [3.63, 3.8) is 0 Å². The second kappa shape index (κ2) is 10.4. The van der Waals surface area contributed by atoms with Crippen molar-refractivity contribution in [2.24, 2.45) is 0 Å². The van der Waals surface area contributed by atoms with E-state index in [9.17, 15) is 4.79 Å². The summed E-state index contributed by atoms with van der Waals surface area (Å²) in [4.78, 5) is 14.2. The third-order valence-electron chi connectivity index (χ3n) is 3.84. The number of carbonyl (C=O) groups excluding carboxylic acids is 1. The lowest BCUT2D eigenvalue weighted by molar-refractivity contribution is -0.128. The molecule has 1 atom stereocenters. The van der Waals surface area contributed by atoms with Gasteiger partial charge in [0, 0.05) is 25.3 Å². The highest BCUT2D eigenvalue weighted by Crippen LogP contribution is 2.42. The number of benzene rings is 1. The van der Waals surface area contributed by atoms with E-state index in [2.05, 4.69) is 13.5 Å². The number of amides is 1. The maximum atomic E-state index is 12.3. The van der Waals surface area contributed by atoms with Gasteiger partial charge in [0.25, 0.3) is 0 Å². The first-order chi connectivity index (χ1) is 11.8. The van der Waals surface area contributed by atoms with Crippen LogP contribution in [0.1, 0.15) is 37.1 Å². The van der Waals surface area contributed by atoms with Crippen molar-refractivity contribution in [1.29, 1.82) is 0 Å². The van der Waals surface area contributed by atoms with Crippen molar-refractivity contribution in [2.75, 3.05) is 32.1 Å². The minimum atomic E-state index is 0.0224.